The third kappa shape index (κ3) is 4.14. The smallest absolute Gasteiger partial charge is 0.224 e. The van der Waals surface area contributed by atoms with Gasteiger partial charge >= 0.3 is 0 Å². The standard InChI is InChI=1S/C16H19ClN2O/c1-11-8-14(12(2)19-11)10-16(20)18-7-6-13-4-3-5-15(17)9-13/h3-5,8-9,19H,6-7,10H2,1-2H3,(H,18,20). The van der Waals surface area contributed by atoms with Gasteiger partial charge in [-0.2, -0.15) is 0 Å². The summed E-state index contributed by atoms with van der Waals surface area (Å²) in [6.07, 6.45) is 1.21. The van der Waals surface area contributed by atoms with Gasteiger partial charge in [0.15, 0.2) is 0 Å². The number of aromatic amines is 1. The molecular weight excluding hydrogens is 272 g/mol. The fraction of sp³-hybridized carbons (Fsp3) is 0.312. The second-order valence-corrected chi connectivity index (χ2v) is 5.45. The van der Waals surface area contributed by atoms with Gasteiger partial charge in [-0.15, -0.1) is 0 Å². The molecule has 0 aliphatic rings. The first-order chi connectivity index (χ1) is 9.54. The lowest BCUT2D eigenvalue weighted by Gasteiger charge is -2.05. The normalized spacial score (nSPS) is 10.6. The lowest BCUT2D eigenvalue weighted by molar-refractivity contribution is -0.120. The van der Waals surface area contributed by atoms with Crippen molar-refractivity contribution >= 4 is 17.5 Å². The summed E-state index contributed by atoms with van der Waals surface area (Å²) in [7, 11) is 0. The van der Waals surface area contributed by atoms with Gasteiger partial charge in [0.1, 0.15) is 0 Å². The van der Waals surface area contributed by atoms with Crippen molar-refractivity contribution in [3.63, 3.8) is 0 Å². The van der Waals surface area contributed by atoms with Gasteiger partial charge < -0.3 is 10.3 Å². The van der Waals surface area contributed by atoms with E-state index in [1.54, 1.807) is 0 Å². The molecule has 0 saturated heterocycles. The highest BCUT2D eigenvalue weighted by molar-refractivity contribution is 6.30. The molecule has 1 aromatic carbocycles. The number of aromatic nitrogens is 1. The first kappa shape index (κ1) is 14.7. The number of hydrogen-bond acceptors (Lipinski definition) is 1. The van der Waals surface area contributed by atoms with E-state index in [-0.39, 0.29) is 5.91 Å². The van der Waals surface area contributed by atoms with Crippen molar-refractivity contribution in [3.8, 4) is 0 Å². The number of carbonyl (C=O) groups excluding carboxylic acids is 1. The van der Waals surface area contributed by atoms with Gasteiger partial charge in [-0.1, -0.05) is 23.7 Å². The monoisotopic (exact) mass is 290 g/mol. The zero-order valence-electron chi connectivity index (χ0n) is 11.8. The van der Waals surface area contributed by atoms with Crippen molar-refractivity contribution < 1.29 is 4.79 Å². The van der Waals surface area contributed by atoms with E-state index in [1.807, 2.05) is 44.2 Å². The highest BCUT2D eigenvalue weighted by Gasteiger charge is 2.07. The molecule has 0 unspecified atom stereocenters. The summed E-state index contributed by atoms with van der Waals surface area (Å²) in [5, 5.41) is 3.67. The Bertz CT molecular complexity index is 604. The molecule has 0 atom stereocenters. The number of halogens is 1. The maximum atomic E-state index is 11.9. The van der Waals surface area contributed by atoms with Crippen LogP contribution in [0.2, 0.25) is 5.02 Å². The predicted molar refractivity (Wildman–Crippen MR) is 82.1 cm³/mol. The molecule has 3 nitrogen and oxygen atoms in total. The van der Waals surface area contributed by atoms with Crippen LogP contribution in [-0.2, 0) is 17.6 Å². The molecule has 1 heterocycles. The third-order valence-corrected chi connectivity index (χ3v) is 3.47. The van der Waals surface area contributed by atoms with Crippen molar-refractivity contribution in [1.82, 2.24) is 10.3 Å². The van der Waals surface area contributed by atoms with Gasteiger partial charge in [0.05, 0.1) is 6.42 Å². The number of rotatable bonds is 5. The van der Waals surface area contributed by atoms with Crippen molar-refractivity contribution in [2.24, 2.45) is 0 Å². The van der Waals surface area contributed by atoms with E-state index in [0.29, 0.717) is 13.0 Å². The van der Waals surface area contributed by atoms with Crippen molar-refractivity contribution in [2.45, 2.75) is 26.7 Å². The summed E-state index contributed by atoms with van der Waals surface area (Å²) in [4.78, 5) is 15.1. The van der Waals surface area contributed by atoms with E-state index < -0.39 is 0 Å². The van der Waals surface area contributed by atoms with Crippen LogP contribution in [-0.4, -0.2) is 17.4 Å². The minimum Gasteiger partial charge on any atom is -0.362 e. The number of H-pyrrole nitrogens is 1. The van der Waals surface area contributed by atoms with Gasteiger partial charge in [-0.25, -0.2) is 0 Å². The minimum atomic E-state index is 0.0501. The summed E-state index contributed by atoms with van der Waals surface area (Å²) < 4.78 is 0. The number of carbonyl (C=O) groups is 1. The van der Waals surface area contributed by atoms with Crippen LogP contribution >= 0.6 is 11.6 Å². The largest absolute Gasteiger partial charge is 0.362 e. The molecule has 0 bridgehead atoms. The van der Waals surface area contributed by atoms with Crippen molar-refractivity contribution in [3.05, 3.63) is 57.9 Å². The quantitative estimate of drug-likeness (QED) is 0.873. The highest BCUT2D eigenvalue weighted by Crippen LogP contribution is 2.11. The second-order valence-electron chi connectivity index (χ2n) is 5.01. The molecular formula is C16H19ClN2O. The molecule has 0 saturated carbocycles. The topological polar surface area (TPSA) is 44.9 Å². The Hall–Kier alpha value is -1.74. The van der Waals surface area contributed by atoms with Crippen LogP contribution in [0.5, 0.6) is 0 Å². The average molecular weight is 291 g/mol. The van der Waals surface area contributed by atoms with Crippen LogP contribution in [0.15, 0.2) is 30.3 Å². The molecule has 4 heteroatoms. The van der Waals surface area contributed by atoms with Gasteiger partial charge in [0.25, 0.3) is 0 Å². The van der Waals surface area contributed by atoms with E-state index in [2.05, 4.69) is 10.3 Å². The van der Waals surface area contributed by atoms with E-state index in [1.165, 1.54) is 0 Å². The molecule has 0 fully saturated rings. The third-order valence-electron chi connectivity index (χ3n) is 3.23. The van der Waals surface area contributed by atoms with Crippen LogP contribution in [0.3, 0.4) is 0 Å². The first-order valence-electron chi connectivity index (χ1n) is 6.71. The van der Waals surface area contributed by atoms with E-state index in [4.69, 9.17) is 11.6 Å². The predicted octanol–water partition coefficient (Wildman–Crippen LogP) is 3.19. The first-order valence-corrected chi connectivity index (χ1v) is 7.08. The molecule has 2 aromatic rings. The summed E-state index contributed by atoms with van der Waals surface area (Å²) in [6, 6.07) is 9.73. The molecule has 2 N–H and O–H groups in total. The molecule has 0 spiro atoms. The van der Waals surface area contributed by atoms with Crippen LogP contribution in [0.25, 0.3) is 0 Å². The lowest BCUT2D eigenvalue weighted by atomic mass is 10.1. The molecule has 106 valence electrons. The van der Waals surface area contributed by atoms with Gasteiger partial charge in [-0.3, -0.25) is 4.79 Å². The number of nitrogens with one attached hydrogen (secondary N) is 2. The van der Waals surface area contributed by atoms with Crippen LogP contribution in [0.1, 0.15) is 22.5 Å². The molecule has 0 aliphatic heterocycles. The summed E-state index contributed by atoms with van der Waals surface area (Å²) >= 11 is 5.92. The van der Waals surface area contributed by atoms with Gasteiger partial charge in [-0.05, 0) is 49.6 Å². The van der Waals surface area contributed by atoms with Crippen LogP contribution < -0.4 is 5.32 Å². The Labute approximate surface area is 124 Å². The Morgan fingerprint density at radius 2 is 2.10 bits per heavy atom. The number of amides is 1. The number of hydrogen-bond donors (Lipinski definition) is 2. The molecule has 1 amide bonds. The molecule has 2 rings (SSSR count). The summed E-state index contributed by atoms with van der Waals surface area (Å²) in [6.45, 7) is 4.61. The Balaban J connectivity index is 1.79. The SMILES string of the molecule is Cc1cc(CC(=O)NCCc2cccc(Cl)c2)c(C)[nH]1. The fourth-order valence-corrected chi connectivity index (χ4v) is 2.45. The second kappa shape index (κ2) is 6.62. The molecule has 0 radical (unpaired) electrons. The molecule has 20 heavy (non-hydrogen) atoms. The average Bonchev–Trinajstić information content (AvgIpc) is 2.68. The summed E-state index contributed by atoms with van der Waals surface area (Å²) in [5.41, 5.74) is 4.34. The van der Waals surface area contributed by atoms with Gasteiger partial charge in [0, 0.05) is 23.0 Å². The van der Waals surface area contributed by atoms with Crippen LogP contribution in [0, 0.1) is 13.8 Å². The van der Waals surface area contributed by atoms with E-state index in [9.17, 15) is 4.79 Å². The Kier molecular flexibility index (Phi) is 4.85. The Morgan fingerprint density at radius 3 is 2.75 bits per heavy atom. The van der Waals surface area contributed by atoms with Crippen LogP contribution in [0.4, 0.5) is 0 Å². The highest BCUT2D eigenvalue weighted by atomic mass is 35.5. The number of aryl methyl sites for hydroxylation is 2. The molecule has 0 aliphatic carbocycles. The van der Waals surface area contributed by atoms with Crippen molar-refractivity contribution in [1.29, 1.82) is 0 Å². The maximum Gasteiger partial charge on any atom is 0.224 e. The Morgan fingerprint density at radius 1 is 1.30 bits per heavy atom. The van der Waals surface area contributed by atoms with Gasteiger partial charge in [0.2, 0.25) is 5.91 Å². The lowest BCUT2D eigenvalue weighted by Crippen LogP contribution is -2.27. The van der Waals surface area contributed by atoms with E-state index in [0.717, 1.165) is 34.0 Å². The van der Waals surface area contributed by atoms with Crippen molar-refractivity contribution in [2.75, 3.05) is 6.54 Å². The molecule has 1 aromatic heterocycles. The van der Waals surface area contributed by atoms with E-state index >= 15 is 0 Å². The summed E-state index contributed by atoms with van der Waals surface area (Å²) in [5.74, 6) is 0.0501. The zero-order chi connectivity index (χ0) is 14.5. The fourth-order valence-electron chi connectivity index (χ4n) is 2.24. The zero-order valence-corrected chi connectivity index (χ0v) is 12.6. The number of benzene rings is 1. The minimum absolute atomic E-state index is 0.0501. The maximum absolute atomic E-state index is 11.9.